The lowest BCUT2D eigenvalue weighted by Gasteiger charge is -2.23. The average Bonchev–Trinajstić information content (AvgIpc) is 3.16. The highest BCUT2D eigenvalue weighted by Crippen LogP contribution is 2.27. The van der Waals surface area contributed by atoms with Gasteiger partial charge in [-0.05, 0) is 30.7 Å². The summed E-state index contributed by atoms with van der Waals surface area (Å²) in [5, 5.41) is 8.54. The van der Waals surface area contributed by atoms with Crippen LogP contribution in [0, 0.1) is 5.92 Å². The van der Waals surface area contributed by atoms with E-state index in [2.05, 4.69) is 15.5 Å². The summed E-state index contributed by atoms with van der Waals surface area (Å²) < 4.78 is 5.19. The van der Waals surface area contributed by atoms with Crippen LogP contribution in [0.5, 0.6) is 0 Å². The van der Waals surface area contributed by atoms with Crippen molar-refractivity contribution in [1.29, 1.82) is 0 Å². The fourth-order valence-electron chi connectivity index (χ4n) is 2.81. The number of amides is 3. The van der Waals surface area contributed by atoms with Gasteiger partial charge in [0.1, 0.15) is 5.54 Å². The number of hydrogen-bond donors (Lipinski definition) is 1. The van der Waals surface area contributed by atoms with E-state index < -0.39 is 11.6 Å². The van der Waals surface area contributed by atoms with Gasteiger partial charge in [0.15, 0.2) is 5.82 Å². The second-order valence-electron chi connectivity index (χ2n) is 6.24. The van der Waals surface area contributed by atoms with Crippen LogP contribution < -0.4 is 5.32 Å². The molecule has 2 aromatic rings. The third-order valence-electron chi connectivity index (χ3n) is 3.66. The summed E-state index contributed by atoms with van der Waals surface area (Å²) in [5.41, 5.74) is -0.869. The zero-order valence-corrected chi connectivity index (χ0v) is 14.0. The van der Waals surface area contributed by atoms with Crippen LogP contribution in [-0.4, -0.2) is 32.5 Å². The average molecular weight is 334 g/mol. The van der Waals surface area contributed by atoms with Crippen molar-refractivity contribution in [2.24, 2.45) is 5.92 Å². The Labute approximate surface area is 137 Å². The number of imide groups is 1. The Bertz CT molecular complexity index is 725. The summed E-state index contributed by atoms with van der Waals surface area (Å²) in [6.07, 6.45) is 0.584. The molecule has 2 aromatic heterocycles. The lowest BCUT2D eigenvalue weighted by atomic mass is 9.91. The third kappa shape index (κ3) is 2.98. The van der Waals surface area contributed by atoms with E-state index >= 15 is 0 Å². The highest BCUT2D eigenvalue weighted by molar-refractivity contribution is 7.13. The summed E-state index contributed by atoms with van der Waals surface area (Å²) in [7, 11) is 0. The van der Waals surface area contributed by atoms with E-state index in [9.17, 15) is 9.59 Å². The Balaban J connectivity index is 1.75. The van der Waals surface area contributed by atoms with Crippen LogP contribution in [0.3, 0.4) is 0 Å². The van der Waals surface area contributed by atoms with Crippen LogP contribution in [0.15, 0.2) is 22.0 Å². The number of carbonyl (C=O) groups is 2. The molecule has 8 heteroatoms. The smallest absolute Gasteiger partial charge is 0.325 e. The van der Waals surface area contributed by atoms with Crippen LogP contribution in [0.25, 0.3) is 10.8 Å². The third-order valence-corrected chi connectivity index (χ3v) is 4.52. The molecule has 0 aromatic carbocycles. The standard InChI is InChI=1S/C15H18N4O3S/c1-9(2)7-15(3)13(20)19(14(21)17-15)8-11-16-12(22-18-11)10-5-4-6-23-10/h4-6,9H,7-8H2,1-3H3,(H,17,21). The van der Waals surface area contributed by atoms with Gasteiger partial charge < -0.3 is 9.84 Å². The Kier molecular flexibility index (Phi) is 3.93. The van der Waals surface area contributed by atoms with Gasteiger partial charge in [-0.25, -0.2) is 4.79 Å². The van der Waals surface area contributed by atoms with Crippen LogP contribution in [-0.2, 0) is 11.3 Å². The van der Waals surface area contributed by atoms with Gasteiger partial charge in [-0.1, -0.05) is 25.1 Å². The molecule has 122 valence electrons. The number of thiophene rings is 1. The molecule has 3 amide bonds. The predicted molar refractivity (Wildman–Crippen MR) is 84.6 cm³/mol. The van der Waals surface area contributed by atoms with Crippen LogP contribution in [0.2, 0.25) is 0 Å². The number of rotatable bonds is 5. The normalized spacial score (nSPS) is 21.3. The first-order chi connectivity index (χ1) is 10.9. The second-order valence-corrected chi connectivity index (χ2v) is 7.19. The Morgan fingerprint density at radius 2 is 2.22 bits per heavy atom. The number of hydrogen-bond acceptors (Lipinski definition) is 6. The summed E-state index contributed by atoms with van der Waals surface area (Å²) in [4.78, 5) is 31.0. The van der Waals surface area contributed by atoms with E-state index in [1.165, 1.54) is 11.3 Å². The largest absolute Gasteiger partial charge is 0.333 e. The van der Waals surface area contributed by atoms with Crippen LogP contribution in [0.1, 0.15) is 33.0 Å². The molecule has 1 atom stereocenters. The van der Waals surface area contributed by atoms with E-state index in [1.807, 2.05) is 31.4 Å². The molecular formula is C15H18N4O3S. The van der Waals surface area contributed by atoms with Crippen molar-refractivity contribution in [2.45, 2.75) is 39.3 Å². The summed E-state index contributed by atoms with van der Waals surface area (Å²) >= 11 is 1.48. The van der Waals surface area contributed by atoms with Gasteiger partial charge >= 0.3 is 6.03 Å². The number of aromatic nitrogens is 2. The van der Waals surface area contributed by atoms with Crippen molar-refractivity contribution >= 4 is 23.3 Å². The first-order valence-electron chi connectivity index (χ1n) is 7.39. The van der Waals surface area contributed by atoms with E-state index in [4.69, 9.17) is 4.52 Å². The monoisotopic (exact) mass is 334 g/mol. The number of nitrogens with one attached hydrogen (secondary N) is 1. The van der Waals surface area contributed by atoms with Crippen molar-refractivity contribution < 1.29 is 14.1 Å². The molecule has 1 unspecified atom stereocenters. The van der Waals surface area contributed by atoms with E-state index in [1.54, 1.807) is 6.92 Å². The lowest BCUT2D eigenvalue weighted by Crippen LogP contribution is -2.44. The number of carbonyl (C=O) groups excluding carboxylic acids is 2. The zero-order chi connectivity index (χ0) is 16.6. The van der Waals surface area contributed by atoms with Crippen LogP contribution >= 0.6 is 11.3 Å². The molecule has 7 nitrogen and oxygen atoms in total. The quantitative estimate of drug-likeness (QED) is 0.849. The van der Waals surface area contributed by atoms with Crippen molar-refractivity contribution in [2.75, 3.05) is 0 Å². The molecule has 0 spiro atoms. The maximum atomic E-state index is 12.6. The molecule has 0 bridgehead atoms. The van der Waals surface area contributed by atoms with E-state index in [0.29, 0.717) is 24.1 Å². The SMILES string of the molecule is CC(C)CC1(C)NC(=O)N(Cc2noc(-c3cccs3)n2)C1=O. The Morgan fingerprint density at radius 1 is 1.43 bits per heavy atom. The molecule has 3 rings (SSSR count). The highest BCUT2D eigenvalue weighted by atomic mass is 32.1. The molecule has 1 fully saturated rings. The highest BCUT2D eigenvalue weighted by Gasteiger charge is 2.48. The molecule has 0 saturated carbocycles. The molecule has 0 radical (unpaired) electrons. The van der Waals surface area contributed by atoms with Gasteiger partial charge in [0.25, 0.3) is 11.8 Å². The molecule has 1 aliphatic heterocycles. The van der Waals surface area contributed by atoms with Crippen molar-refractivity contribution in [3.05, 3.63) is 23.3 Å². The minimum absolute atomic E-state index is 0.00717. The maximum Gasteiger partial charge on any atom is 0.325 e. The summed E-state index contributed by atoms with van der Waals surface area (Å²) in [6, 6.07) is 3.34. The van der Waals surface area contributed by atoms with Crippen LogP contribution in [0.4, 0.5) is 4.79 Å². The molecule has 1 aliphatic rings. The Hall–Kier alpha value is -2.22. The first-order valence-corrected chi connectivity index (χ1v) is 8.27. The first kappa shape index (κ1) is 15.7. The summed E-state index contributed by atoms with van der Waals surface area (Å²) in [5.74, 6) is 0.746. The van der Waals surface area contributed by atoms with E-state index in [0.717, 1.165) is 9.78 Å². The summed E-state index contributed by atoms with van der Waals surface area (Å²) in [6.45, 7) is 5.79. The minimum atomic E-state index is -0.869. The maximum absolute atomic E-state index is 12.6. The van der Waals surface area contributed by atoms with Gasteiger partial charge in [-0.15, -0.1) is 11.3 Å². The fourth-order valence-corrected chi connectivity index (χ4v) is 3.45. The van der Waals surface area contributed by atoms with Crippen molar-refractivity contribution in [3.63, 3.8) is 0 Å². The topological polar surface area (TPSA) is 88.3 Å². The van der Waals surface area contributed by atoms with Gasteiger partial charge in [-0.2, -0.15) is 4.98 Å². The van der Waals surface area contributed by atoms with Crippen molar-refractivity contribution in [1.82, 2.24) is 20.4 Å². The molecular weight excluding hydrogens is 316 g/mol. The van der Waals surface area contributed by atoms with Gasteiger partial charge in [0, 0.05) is 0 Å². The molecule has 3 heterocycles. The van der Waals surface area contributed by atoms with Crippen molar-refractivity contribution in [3.8, 4) is 10.8 Å². The van der Waals surface area contributed by atoms with E-state index in [-0.39, 0.29) is 12.5 Å². The van der Waals surface area contributed by atoms with Gasteiger partial charge in [0.2, 0.25) is 0 Å². The number of urea groups is 1. The molecule has 1 saturated heterocycles. The minimum Gasteiger partial charge on any atom is -0.333 e. The molecule has 1 N–H and O–H groups in total. The lowest BCUT2D eigenvalue weighted by molar-refractivity contribution is -0.131. The van der Waals surface area contributed by atoms with Gasteiger partial charge in [-0.3, -0.25) is 9.69 Å². The zero-order valence-electron chi connectivity index (χ0n) is 13.2. The number of nitrogens with zero attached hydrogens (tertiary/aromatic N) is 3. The molecule has 23 heavy (non-hydrogen) atoms. The second kappa shape index (κ2) is 5.77. The molecule has 0 aliphatic carbocycles. The fraction of sp³-hybridized carbons (Fsp3) is 0.467. The van der Waals surface area contributed by atoms with Gasteiger partial charge in [0.05, 0.1) is 11.4 Å². The predicted octanol–water partition coefficient (Wildman–Crippen LogP) is 2.65. The Morgan fingerprint density at radius 3 is 2.87 bits per heavy atom.